The second-order valence-corrected chi connectivity index (χ2v) is 4.76. The molecule has 0 bridgehead atoms. The first kappa shape index (κ1) is 11.2. The van der Waals surface area contributed by atoms with Crippen LogP contribution in [0.3, 0.4) is 0 Å². The van der Waals surface area contributed by atoms with Gasteiger partial charge < -0.3 is 10.2 Å². The fourth-order valence-electron chi connectivity index (χ4n) is 2.16. The molecule has 2 rings (SSSR count). The Balaban J connectivity index is 2.64. The minimum absolute atomic E-state index is 0.482. The van der Waals surface area contributed by atoms with Gasteiger partial charge in [0.05, 0.1) is 6.54 Å². The van der Waals surface area contributed by atoms with E-state index in [1.807, 2.05) is 0 Å². The van der Waals surface area contributed by atoms with Crippen LogP contribution in [0, 0.1) is 12.8 Å². The van der Waals surface area contributed by atoms with Crippen LogP contribution in [0.2, 0.25) is 0 Å². The molecule has 1 aromatic carbocycles. The Labute approximate surface area is 96.4 Å². The van der Waals surface area contributed by atoms with E-state index in [1.165, 1.54) is 16.5 Å². The molecule has 0 aliphatic heterocycles. The van der Waals surface area contributed by atoms with Crippen molar-refractivity contribution in [2.24, 2.45) is 11.7 Å². The molecule has 0 atom stereocenters. The Kier molecular flexibility index (Phi) is 3.01. The molecule has 0 spiro atoms. The van der Waals surface area contributed by atoms with E-state index in [2.05, 4.69) is 39.0 Å². The quantitative estimate of drug-likeness (QED) is 0.855. The van der Waals surface area contributed by atoms with Gasteiger partial charge in [0, 0.05) is 10.9 Å². The van der Waals surface area contributed by atoms with Gasteiger partial charge in [-0.3, -0.25) is 0 Å². The highest BCUT2D eigenvalue weighted by atomic mass is 16.3. The maximum atomic E-state index is 5.86. The van der Waals surface area contributed by atoms with Crippen LogP contribution in [0.4, 0.5) is 0 Å². The van der Waals surface area contributed by atoms with Gasteiger partial charge in [-0.25, -0.2) is 0 Å². The average Bonchev–Trinajstić information content (AvgIpc) is 2.58. The number of aryl methyl sites for hydroxylation is 1. The summed E-state index contributed by atoms with van der Waals surface area (Å²) in [6.07, 6.45) is 1.03. The number of nitrogens with two attached hydrogens (primary N) is 1. The molecule has 2 N–H and O–H groups in total. The molecular formula is C14H19NO. The molecule has 16 heavy (non-hydrogen) atoms. The number of para-hydroxylation sites is 1. The van der Waals surface area contributed by atoms with E-state index in [4.69, 9.17) is 10.2 Å². The lowest BCUT2D eigenvalue weighted by molar-refractivity contribution is 0.534. The standard InChI is InChI=1S/C14H19NO/c1-9(2)7-12-11-6-4-5-10(3)14(11)16-13(12)8-15/h4-6,9H,7-8,15H2,1-3H3. The van der Waals surface area contributed by atoms with E-state index in [1.54, 1.807) is 0 Å². The highest BCUT2D eigenvalue weighted by molar-refractivity contribution is 5.84. The molecule has 0 saturated heterocycles. The van der Waals surface area contributed by atoms with Gasteiger partial charge in [0.1, 0.15) is 11.3 Å². The van der Waals surface area contributed by atoms with Crippen molar-refractivity contribution in [2.45, 2.75) is 33.7 Å². The van der Waals surface area contributed by atoms with E-state index in [9.17, 15) is 0 Å². The topological polar surface area (TPSA) is 39.2 Å². The number of fused-ring (bicyclic) bond motifs is 1. The zero-order valence-corrected chi connectivity index (χ0v) is 10.2. The van der Waals surface area contributed by atoms with Gasteiger partial charge in [-0.15, -0.1) is 0 Å². The third kappa shape index (κ3) is 1.85. The molecule has 2 aromatic rings. The minimum Gasteiger partial charge on any atom is -0.459 e. The lowest BCUT2D eigenvalue weighted by Crippen LogP contribution is -2.01. The molecule has 1 aromatic heterocycles. The lowest BCUT2D eigenvalue weighted by Gasteiger charge is -2.04. The Morgan fingerprint density at radius 2 is 2.06 bits per heavy atom. The maximum Gasteiger partial charge on any atom is 0.137 e. The largest absolute Gasteiger partial charge is 0.459 e. The van der Waals surface area contributed by atoms with Crippen molar-refractivity contribution in [3.05, 3.63) is 35.1 Å². The first-order valence-corrected chi connectivity index (χ1v) is 5.83. The van der Waals surface area contributed by atoms with Crippen LogP contribution in [-0.4, -0.2) is 0 Å². The van der Waals surface area contributed by atoms with E-state index in [-0.39, 0.29) is 0 Å². The first-order chi connectivity index (χ1) is 7.63. The van der Waals surface area contributed by atoms with Crippen LogP contribution in [-0.2, 0) is 13.0 Å². The predicted molar refractivity (Wildman–Crippen MR) is 67.4 cm³/mol. The molecule has 0 amide bonds. The number of rotatable bonds is 3. The second kappa shape index (κ2) is 4.30. The van der Waals surface area contributed by atoms with Gasteiger partial charge in [0.25, 0.3) is 0 Å². The van der Waals surface area contributed by atoms with Crippen LogP contribution >= 0.6 is 0 Å². The molecule has 0 fully saturated rings. The smallest absolute Gasteiger partial charge is 0.137 e. The normalized spacial score (nSPS) is 11.6. The van der Waals surface area contributed by atoms with Crippen molar-refractivity contribution in [1.29, 1.82) is 0 Å². The predicted octanol–water partition coefficient (Wildman–Crippen LogP) is 3.40. The van der Waals surface area contributed by atoms with Crippen LogP contribution < -0.4 is 5.73 Å². The van der Waals surface area contributed by atoms with Gasteiger partial charge in [-0.1, -0.05) is 32.0 Å². The van der Waals surface area contributed by atoms with Crippen LogP contribution in [0.25, 0.3) is 11.0 Å². The third-order valence-corrected chi connectivity index (χ3v) is 2.90. The number of furan rings is 1. The van der Waals surface area contributed by atoms with Gasteiger partial charge in [-0.2, -0.15) is 0 Å². The van der Waals surface area contributed by atoms with E-state index in [0.717, 1.165) is 17.8 Å². The Bertz CT molecular complexity index is 497. The van der Waals surface area contributed by atoms with Crippen molar-refractivity contribution in [1.82, 2.24) is 0 Å². The van der Waals surface area contributed by atoms with Crippen molar-refractivity contribution in [2.75, 3.05) is 0 Å². The Morgan fingerprint density at radius 1 is 1.31 bits per heavy atom. The Hall–Kier alpha value is -1.28. The molecule has 86 valence electrons. The molecule has 0 aliphatic carbocycles. The summed E-state index contributed by atoms with van der Waals surface area (Å²) in [5.74, 6) is 1.56. The summed E-state index contributed by atoms with van der Waals surface area (Å²) in [5.41, 5.74) is 9.22. The van der Waals surface area contributed by atoms with E-state index >= 15 is 0 Å². The highest BCUT2D eigenvalue weighted by Crippen LogP contribution is 2.29. The zero-order chi connectivity index (χ0) is 11.7. The summed E-state index contributed by atoms with van der Waals surface area (Å²) >= 11 is 0. The first-order valence-electron chi connectivity index (χ1n) is 5.83. The Morgan fingerprint density at radius 3 is 2.69 bits per heavy atom. The van der Waals surface area contributed by atoms with E-state index < -0.39 is 0 Å². The third-order valence-electron chi connectivity index (χ3n) is 2.90. The van der Waals surface area contributed by atoms with Gasteiger partial charge in [0.15, 0.2) is 0 Å². The summed E-state index contributed by atoms with van der Waals surface area (Å²) in [4.78, 5) is 0. The highest BCUT2D eigenvalue weighted by Gasteiger charge is 2.14. The molecule has 2 heteroatoms. The fraction of sp³-hybridized carbons (Fsp3) is 0.429. The molecule has 0 aliphatic rings. The summed E-state index contributed by atoms with van der Waals surface area (Å²) < 4.78 is 5.86. The van der Waals surface area contributed by atoms with Crippen LogP contribution in [0.1, 0.15) is 30.7 Å². The number of benzene rings is 1. The summed E-state index contributed by atoms with van der Waals surface area (Å²) in [5, 5.41) is 1.23. The van der Waals surface area contributed by atoms with Crippen LogP contribution in [0.15, 0.2) is 22.6 Å². The average molecular weight is 217 g/mol. The van der Waals surface area contributed by atoms with Crippen molar-refractivity contribution >= 4 is 11.0 Å². The zero-order valence-electron chi connectivity index (χ0n) is 10.2. The fourth-order valence-corrected chi connectivity index (χ4v) is 2.16. The summed E-state index contributed by atoms with van der Waals surface area (Å²) in [6, 6.07) is 6.28. The molecule has 0 saturated carbocycles. The maximum absolute atomic E-state index is 5.86. The van der Waals surface area contributed by atoms with Gasteiger partial charge >= 0.3 is 0 Å². The van der Waals surface area contributed by atoms with Crippen molar-refractivity contribution in [3.8, 4) is 0 Å². The molecular weight excluding hydrogens is 198 g/mol. The minimum atomic E-state index is 0.482. The summed E-state index contributed by atoms with van der Waals surface area (Å²) in [6.45, 7) is 6.99. The van der Waals surface area contributed by atoms with Gasteiger partial charge in [0.2, 0.25) is 0 Å². The molecule has 0 radical (unpaired) electrons. The van der Waals surface area contributed by atoms with E-state index in [0.29, 0.717) is 12.5 Å². The molecule has 0 unspecified atom stereocenters. The SMILES string of the molecule is Cc1cccc2c(CC(C)C)c(CN)oc12. The molecule has 2 nitrogen and oxygen atoms in total. The summed E-state index contributed by atoms with van der Waals surface area (Å²) in [7, 11) is 0. The lowest BCUT2D eigenvalue weighted by atomic mass is 9.99. The second-order valence-electron chi connectivity index (χ2n) is 4.76. The van der Waals surface area contributed by atoms with Crippen LogP contribution in [0.5, 0.6) is 0 Å². The van der Waals surface area contributed by atoms with Crippen molar-refractivity contribution in [3.63, 3.8) is 0 Å². The van der Waals surface area contributed by atoms with Crippen molar-refractivity contribution < 1.29 is 4.42 Å². The molecule has 1 heterocycles. The van der Waals surface area contributed by atoms with Gasteiger partial charge in [-0.05, 0) is 24.8 Å². The number of hydrogen-bond donors (Lipinski definition) is 1. The number of hydrogen-bond acceptors (Lipinski definition) is 2. The monoisotopic (exact) mass is 217 g/mol.